The van der Waals surface area contributed by atoms with Gasteiger partial charge in [-0.25, -0.2) is 18.7 Å². The lowest BCUT2D eigenvalue weighted by atomic mass is 9.71. The number of carbonyl (C=O) groups excluding carboxylic acids is 1. The lowest BCUT2D eigenvalue weighted by Crippen LogP contribution is -2.54. The Bertz CT molecular complexity index is 1470. The maximum Gasteiger partial charge on any atom is 0.178 e. The molecule has 2 N–H and O–H groups in total. The predicted molar refractivity (Wildman–Crippen MR) is 174 cm³/mol. The van der Waals surface area contributed by atoms with Crippen LogP contribution in [-0.4, -0.2) is 82.3 Å². The van der Waals surface area contributed by atoms with Crippen LogP contribution >= 0.6 is 23.2 Å². The van der Waals surface area contributed by atoms with E-state index in [1.165, 1.54) is 18.5 Å². The number of hydrogen-bond donors (Lipinski definition) is 2. The highest BCUT2D eigenvalue weighted by molar-refractivity contribution is 6.30. The third kappa shape index (κ3) is 6.99. The first-order valence-electron chi connectivity index (χ1n) is 15.4. The van der Waals surface area contributed by atoms with Gasteiger partial charge in [0.05, 0.1) is 17.7 Å². The molecule has 3 aromatic rings. The fourth-order valence-electron chi connectivity index (χ4n) is 6.41. The van der Waals surface area contributed by atoms with Crippen molar-refractivity contribution in [1.82, 2.24) is 19.8 Å². The zero-order valence-electron chi connectivity index (χ0n) is 26.6. The van der Waals surface area contributed by atoms with Gasteiger partial charge in [0.2, 0.25) is 0 Å². The molecule has 12 heteroatoms. The summed E-state index contributed by atoms with van der Waals surface area (Å²) in [5.41, 5.74) is -5.19. The number of hydrogen-bond acceptors (Lipinski definition) is 8. The van der Waals surface area contributed by atoms with E-state index in [1.54, 1.807) is 43.1 Å². The molecule has 1 aliphatic carbocycles. The molecule has 1 aliphatic heterocycles. The van der Waals surface area contributed by atoms with Gasteiger partial charge in [-0.3, -0.25) is 9.69 Å². The first-order chi connectivity index (χ1) is 22.0. The Morgan fingerprint density at radius 2 is 1.70 bits per heavy atom. The van der Waals surface area contributed by atoms with Gasteiger partial charge in [0.25, 0.3) is 0 Å². The molecule has 1 aromatic heterocycles. The molecule has 2 aromatic carbocycles. The van der Waals surface area contributed by atoms with Gasteiger partial charge in [-0.1, -0.05) is 42.3 Å². The zero-order chi connectivity index (χ0) is 33.7. The summed E-state index contributed by atoms with van der Waals surface area (Å²) >= 11 is 12.3. The number of ether oxygens (including phenoxy) is 1. The highest BCUT2D eigenvalue weighted by atomic mass is 35.5. The normalized spacial score (nSPS) is 19.4. The highest BCUT2D eigenvalue weighted by Crippen LogP contribution is 2.49. The van der Waals surface area contributed by atoms with E-state index in [4.69, 9.17) is 33.0 Å². The van der Waals surface area contributed by atoms with Crippen molar-refractivity contribution in [2.75, 3.05) is 34.3 Å². The minimum absolute atomic E-state index is 0.000984. The van der Waals surface area contributed by atoms with E-state index in [1.807, 2.05) is 11.9 Å². The quantitative estimate of drug-likeness (QED) is 0.181. The standard InChI is InChI=1S/C33H38Cl2F2N4O3.CH4O/c1-4-32(43,31(37)12-14-40(2)15-13-31)24-16-22(21-42)30(28(36)17-24)33(44-27-6-5-7-27,23-8-10-25(34)11-9-23)41(3)20-29-38-18-26(35)19-39-29;1-2/h8-11,16-19,21,27,43H,4-7,12-15,20H2,1-3H3;2H,1H3/t32?,33-;/m1./s1. The Balaban J connectivity index is 0.00000235. The van der Waals surface area contributed by atoms with Crippen molar-refractivity contribution in [2.24, 2.45) is 0 Å². The summed E-state index contributed by atoms with van der Waals surface area (Å²) in [5.74, 6) is -0.398. The third-order valence-electron chi connectivity index (χ3n) is 9.31. The number of alkyl halides is 1. The molecule has 5 rings (SSSR count). The Morgan fingerprint density at radius 1 is 1.09 bits per heavy atom. The van der Waals surface area contributed by atoms with Crippen LogP contribution in [0, 0.1) is 5.82 Å². The van der Waals surface area contributed by atoms with Crippen molar-refractivity contribution in [2.45, 2.75) is 75.1 Å². The zero-order valence-corrected chi connectivity index (χ0v) is 28.2. The molecule has 8 nitrogen and oxygen atoms in total. The van der Waals surface area contributed by atoms with E-state index in [9.17, 15) is 9.90 Å². The smallest absolute Gasteiger partial charge is 0.178 e. The second-order valence-corrected chi connectivity index (χ2v) is 12.9. The van der Waals surface area contributed by atoms with Gasteiger partial charge in [-0.2, -0.15) is 0 Å². The van der Waals surface area contributed by atoms with E-state index >= 15 is 8.78 Å². The summed E-state index contributed by atoms with van der Waals surface area (Å²) in [5, 5.41) is 19.7. The number of benzene rings is 2. The average molecular weight is 680 g/mol. The number of rotatable bonds is 11. The Kier molecular flexibility index (Phi) is 11.9. The van der Waals surface area contributed by atoms with Crippen LogP contribution in [0.15, 0.2) is 48.8 Å². The fourth-order valence-corrected chi connectivity index (χ4v) is 6.63. The van der Waals surface area contributed by atoms with Crippen LogP contribution in [0.25, 0.3) is 0 Å². The number of halogens is 4. The first kappa shape index (κ1) is 36.3. The molecule has 1 saturated carbocycles. The van der Waals surface area contributed by atoms with Crippen molar-refractivity contribution in [3.8, 4) is 0 Å². The molecule has 1 saturated heterocycles. The minimum Gasteiger partial charge on any atom is -0.400 e. The van der Waals surface area contributed by atoms with Gasteiger partial charge >= 0.3 is 0 Å². The number of piperidine rings is 1. The Hall–Kier alpha value is -2.57. The number of carbonyl (C=O) groups is 1. The van der Waals surface area contributed by atoms with E-state index in [-0.39, 0.29) is 48.6 Å². The molecule has 2 fully saturated rings. The summed E-state index contributed by atoms with van der Waals surface area (Å²) in [6.45, 7) is 2.68. The van der Waals surface area contributed by atoms with Crippen LogP contribution < -0.4 is 0 Å². The third-order valence-corrected chi connectivity index (χ3v) is 9.76. The summed E-state index contributed by atoms with van der Waals surface area (Å²) < 4.78 is 40.3. The first-order valence-corrected chi connectivity index (χ1v) is 16.2. The number of aliphatic hydroxyl groups excluding tert-OH is 1. The molecule has 0 bridgehead atoms. The number of likely N-dealkylation sites (tertiary alicyclic amines) is 1. The van der Waals surface area contributed by atoms with E-state index in [0.29, 0.717) is 40.8 Å². The maximum atomic E-state index is 16.9. The molecular weight excluding hydrogens is 637 g/mol. The molecule has 2 atom stereocenters. The number of aromatic nitrogens is 2. The minimum atomic E-state index is -2.01. The van der Waals surface area contributed by atoms with Crippen molar-refractivity contribution in [3.63, 3.8) is 0 Å². The summed E-state index contributed by atoms with van der Waals surface area (Å²) in [4.78, 5) is 25.3. The maximum absolute atomic E-state index is 16.9. The van der Waals surface area contributed by atoms with Crippen LogP contribution in [0.5, 0.6) is 0 Å². The van der Waals surface area contributed by atoms with Crippen molar-refractivity contribution in [1.29, 1.82) is 0 Å². The fraction of sp³-hybridized carbons (Fsp3) is 0.500. The molecule has 0 radical (unpaired) electrons. The van der Waals surface area contributed by atoms with Gasteiger partial charge in [-0.15, -0.1) is 0 Å². The summed E-state index contributed by atoms with van der Waals surface area (Å²) in [6.07, 6.45) is 5.88. The van der Waals surface area contributed by atoms with E-state index in [0.717, 1.165) is 32.4 Å². The topological polar surface area (TPSA) is 99.0 Å². The van der Waals surface area contributed by atoms with Crippen molar-refractivity contribution in [3.05, 3.63) is 92.7 Å². The molecule has 2 aliphatic rings. The molecule has 250 valence electrons. The second-order valence-electron chi connectivity index (χ2n) is 12.0. The SMILES string of the molecule is CCC(O)(c1cc(F)c([C@](OC2CCC2)(c2ccc(Cl)cc2)N(C)Cc2ncc(Cl)cn2)c(C=O)c1)C1(F)CCN(C)CC1.CO. The summed E-state index contributed by atoms with van der Waals surface area (Å²) in [6, 6.07) is 9.40. The van der Waals surface area contributed by atoms with Crippen molar-refractivity contribution < 1.29 is 28.5 Å². The number of aliphatic hydroxyl groups is 2. The van der Waals surface area contributed by atoms with Gasteiger partial charge in [0.1, 0.15) is 22.9 Å². The van der Waals surface area contributed by atoms with Crippen LogP contribution in [-0.2, 0) is 22.6 Å². The molecule has 1 unspecified atom stereocenters. The number of aldehydes is 1. The van der Waals surface area contributed by atoms with Gasteiger partial charge in [-0.05, 0) is 82.4 Å². The highest BCUT2D eigenvalue weighted by Gasteiger charge is 2.54. The van der Waals surface area contributed by atoms with E-state index < -0.39 is 22.8 Å². The Labute approximate surface area is 279 Å². The summed E-state index contributed by atoms with van der Waals surface area (Å²) in [7, 11) is 4.64. The van der Waals surface area contributed by atoms with Crippen LogP contribution in [0.1, 0.15) is 78.3 Å². The van der Waals surface area contributed by atoms with Crippen LogP contribution in [0.3, 0.4) is 0 Å². The molecule has 0 spiro atoms. The molecule has 0 amide bonds. The van der Waals surface area contributed by atoms with Gasteiger partial charge in [0, 0.05) is 54.3 Å². The van der Waals surface area contributed by atoms with Crippen LogP contribution in [0.2, 0.25) is 10.0 Å². The Morgan fingerprint density at radius 3 is 2.22 bits per heavy atom. The van der Waals surface area contributed by atoms with Gasteiger partial charge < -0.3 is 19.8 Å². The number of nitrogens with zero attached hydrogens (tertiary/aromatic N) is 4. The van der Waals surface area contributed by atoms with Crippen molar-refractivity contribution >= 4 is 29.5 Å². The predicted octanol–water partition coefficient (Wildman–Crippen LogP) is 6.28. The average Bonchev–Trinajstić information content (AvgIpc) is 3.04. The van der Waals surface area contributed by atoms with E-state index in [2.05, 4.69) is 9.97 Å². The van der Waals surface area contributed by atoms with Crippen LogP contribution in [0.4, 0.5) is 8.78 Å². The molecule has 46 heavy (non-hydrogen) atoms. The lowest BCUT2D eigenvalue weighted by Gasteiger charge is -2.48. The second kappa shape index (κ2) is 15.1. The van der Waals surface area contributed by atoms with Gasteiger partial charge in [0.15, 0.2) is 12.0 Å². The lowest BCUT2D eigenvalue weighted by molar-refractivity contribution is -0.184. The molecule has 2 heterocycles. The largest absolute Gasteiger partial charge is 0.400 e. The molecular formula is C34H42Cl2F2N4O4. The monoisotopic (exact) mass is 678 g/mol.